The standard InChI is InChI=1S/C31H29F2N5O3/c32-21-10-19(11-22(33)13-21)25-16-35-31(7-1-2-8-31)29(41)38(25)17-26(39)36-23-6-5-18-14-30(15-20(18)12-23)24-4-3-9-34-27(24)37-28(30)40/h3-6,9-13,25,35H,1-2,7-8,14-17H2,(H,36,39)(H,34,37,40)/t25?,30-/m1/s1. The summed E-state index contributed by atoms with van der Waals surface area (Å²) in [5, 5.41) is 9.15. The molecule has 41 heavy (non-hydrogen) atoms. The van der Waals surface area contributed by atoms with Crippen molar-refractivity contribution in [3.63, 3.8) is 0 Å². The average molecular weight is 558 g/mol. The van der Waals surface area contributed by atoms with Gasteiger partial charge in [-0.2, -0.15) is 0 Å². The van der Waals surface area contributed by atoms with Gasteiger partial charge in [-0.1, -0.05) is 25.0 Å². The molecule has 4 aliphatic rings. The van der Waals surface area contributed by atoms with Gasteiger partial charge in [-0.3, -0.25) is 14.4 Å². The van der Waals surface area contributed by atoms with Crippen LogP contribution in [0.15, 0.2) is 54.7 Å². The Hall–Kier alpha value is -4.18. The van der Waals surface area contributed by atoms with E-state index < -0.39 is 34.5 Å². The third-order valence-electron chi connectivity index (χ3n) is 9.19. The Kier molecular flexibility index (Phi) is 5.93. The molecule has 0 radical (unpaired) electrons. The number of pyridine rings is 1. The molecule has 0 bridgehead atoms. The summed E-state index contributed by atoms with van der Waals surface area (Å²) in [4.78, 5) is 45.9. The summed E-state index contributed by atoms with van der Waals surface area (Å²) >= 11 is 0. The number of nitrogens with one attached hydrogen (secondary N) is 3. The van der Waals surface area contributed by atoms with Gasteiger partial charge in [0.2, 0.25) is 17.7 Å². The lowest BCUT2D eigenvalue weighted by molar-refractivity contribution is -0.147. The van der Waals surface area contributed by atoms with Gasteiger partial charge >= 0.3 is 0 Å². The molecule has 10 heteroatoms. The maximum atomic E-state index is 14.1. The first-order valence-corrected chi connectivity index (χ1v) is 14.0. The number of piperazine rings is 1. The van der Waals surface area contributed by atoms with Crippen molar-refractivity contribution in [2.45, 2.75) is 55.5 Å². The number of aromatic nitrogens is 1. The Morgan fingerprint density at radius 1 is 1.02 bits per heavy atom. The van der Waals surface area contributed by atoms with Crippen molar-refractivity contribution in [2.75, 3.05) is 23.7 Å². The summed E-state index contributed by atoms with van der Waals surface area (Å²) in [6.45, 7) is 0.0365. The van der Waals surface area contributed by atoms with Crippen molar-refractivity contribution in [3.8, 4) is 0 Å². The van der Waals surface area contributed by atoms with Gasteiger partial charge < -0.3 is 20.9 Å². The molecule has 7 rings (SSSR count). The highest BCUT2D eigenvalue weighted by Gasteiger charge is 2.51. The number of rotatable bonds is 4. The van der Waals surface area contributed by atoms with Crippen LogP contribution in [0.2, 0.25) is 0 Å². The first-order chi connectivity index (χ1) is 19.8. The fourth-order valence-electron chi connectivity index (χ4n) is 7.21. The second-order valence-corrected chi connectivity index (χ2v) is 11.6. The smallest absolute Gasteiger partial charge is 0.244 e. The summed E-state index contributed by atoms with van der Waals surface area (Å²) in [5.41, 5.74) is 2.26. The number of halogens is 2. The van der Waals surface area contributed by atoms with Crippen molar-refractivity contribution in [1.29, 1.82) is 0 Å². The molecule has 3 aromatic rings. The predicted molar refractivity (Wildman–Crippen MR) is 147 cm³/mol. The molecular formula is C31H29F2N5O3. The highest BCUT2D eigenvalue weighted by molar-refractivity contribution is 6.06. The molecule has 2 fully saturated rings. The van der Waals surface area contributed by atoms with E-state index in [9.17, 15) is 23.2 Å². The molecule has 2 aliphatic carbocycles. The van der Waals surface area contributed by atoms with E-state index in [1.807, 2.05) is 24.3 Å². The molecule has 3 amide bonds. The molecule has 2 aliphatic heterocycles. The third kappa shape index (κ3) is 4.20. The van der Waals surface area contributed by atoms with Gasteiger partial charge in [0.15, 0.2) is 0 Å². The van der Waals surface area contributed by atoms with Crippen LogP contribution in [0.5, 0.6) is 0 Å². The van der Waals surface area contributed by atoms with E-state index in [0.717, 1.165) is 35.6 Å². The van der Waals surface area contributed by atoms with Gasteiger partial charge in [-0.15, -0.1) is 0 Å². The number of hydrogen-bond acceptors (Lipinski definition) is 5. The summed E-state index contributed by atoms with van der Waals surface area (Å²) in [6.07, 6.45) is 5.80. The Balaban J connectivity index is 1.12. The molecule has 2 aromatic carbocycles. The van der Waals surface area contributed by atoms with Crippen molar-refractivity contribution in [1.82, 2.24) is 15.2 Å². The first-order valence-electron chi connectivity index (χ1n) is 14.0. The maximum Gasteiger partial charge on any atom is 0.244 e. The summed E-state index contributed by atoms with van der Waals surface area (Å²) in [6, 6.07) is 11.9. The Labute approximate surface area is 235 Å². The van der Waals surface area contributed by atoms with Crippen LogP contribution in [0.4, 0.5) is 20.3 Å². The minimum atomic E-state index is -0.752. The highest BCUT2D eigenvalue weighted by atomic mass is 19.1. The van der Waals surface area contributed by atoms with E-state index in [2.05, 4.69) is 20.9 Å². The van der Waals surface area contributed by atoms with Crippen LogP contribution in [0.25, 0.3) is 0 Å². The van der Waals surface area contributed by atoms with Crippen LogP contribution in [0, 0.1) is 11.6 Å². The molecule has 2 atom stereocenters. The monoisotopic (exact) mass is 557 g/mol. The second-order valence-electron chi connectivity index (χ2n) is 11.6. The van der Waals surface area contributed by atoms with Crippen LogP contribution >= 0.6 is 0 Å². The van der Waals surface area contributed by atoms with Gasteiger partial charge in [-0.05, 0) is 72.7 Å². The Morgan fingerprint density at radius 3 is 2.56 bits per heavy atom. The fraction of sp³-hybridized carbons (Fsp3) is 0.355. The average Bonchev–Trinajstić information content (AvgIpc) is 3.63. The normalized spacial score (nSPS) is 24.0. The molecule has 1 saturated heterocycles. The lowest BCUT2D eigenvalue weighted by Gasteiger charge is -2.45. The van der Waals surface area contributed by atoms with Gasteiger partial charge in [0, 0.05) is 30.1 Å². The van der Waals surface area contributed by atoms with Gasteiger partial charge in [0.05, 0.1) is 17.0 Å². The van der Waals surface area contributed by atoms with Crippen LogP contribution in [-0.4, -0.2) is 46.2 Å². The summed E-state index contributed by atoms with van der Waals surface area (Å²) in [7, 11) is 0. The van der Waals surface area contributed by atoms with Gasteiger partial charge in [0.25, 0.3) is 0 Å². The zero-order valence-electron chi connectivity index (χ0n) is 22.3. The highest BCUT2D eigenvalue weighted by Crippen LogP contribution is 2.47. The molecular weight excluding hydrogens is 528 g/mol. The number of fused-ring (bicyclic) bond motifs is 3. The van der Waals surface area contributed by atoms with Crippen molar-refractivity contribution in [2.24, 2.45) is 0 Å². The lowest BCUT2D eigenvalue weighted by Crippen LogP contribution is -2.64. The SMILES string of the molecule is O=C(CN1C(=O)C2(CCCC2)NCC1c1cc(F)cc(F)c1)Nc1ccc2c(c1)C[C@@]1(C2)C(=O)Nc2ncccc21. The Bertz CT molecular complexity index is 1580. The number of amides is 3. The minimum Gasteiger partial charge on any atom is -0.325 e. The van der Waals surface area contributed by atoms with Crippen LogP contribution in [0.1, 0.15) is 54.0 Å². The van der Waals surface area contributed by atoms with E-state index in [1.165, 1.54) is 17.0 Å². The van der Waals surface area contributed by atoms with E-state index in [0.29, 0.717) is 49.3 Å². The molecule has 8 nitrogen and oxygen atoms in total. The molecule has 1 saturated carbocycles. The van der Waals surface area contributed by atoms with E-state index in [1.54, 1.807) is 12.3 Å². The number of benzene rings is 2. The van der Waals surface area contributed by atoms with E-state index >= 15 is 0 Å². The zero-order chi connectivity index (χ0) is 28.4. The molecule has 2 spiro atoms. The summed E-state index contributed by atoms with van der Waals surface area (Å²) in [5.74, 6) is -1.58. The summed E-state index contributed by atoms with van der Waals surface area (Å²) < 4.78 is 28.2. The number of anilines is 2. The van der Waals surface area contributed by atoms with Crippen LogP contribution in [0.3, 0.4) is 0 Å². The van der Waals surface area contributed by atoms with E-state index in [-0.39, 0.29) is 18.4 Å². The van der Waals surface area contributed by atoms with Crippen molar-refractivity contribution in [3.05, 3.63) is 88.6 Å². The number of carbonyl (C=O) groups is 3. The largest absolute Gasteiger partial charge is 0.325 e. The van der Waals surface area contributed by atoms with Crippen molar-refractivity contribution >= 4 is 29.2 Å². The molecule has 1 aromatic heterocycles. The van der Waals surface area contributed by atoms with Crippen LogP contribution < -0.4 is 16.0 Å². The second kappa shape index (κ2) is 9.44. The minimum absolute atomic E-state index is 0.0779. The third-order valence-corrected chi connectivity index (χ3v) is 9.19. The predicted octanol–water partition coefficient (Wildman–Crippen LogP) is 3.77. The fourth-order valence-corrected chi connectivity index (χ4v) is 7.21. The maximum absolute atomic E-state index is 14.1. The van der Waals surface area contributed by atoms with Crippen molar-refractivity contribution < 1.29 is 23.2 Å². The lowest BCUT2D eigenvalue weighted by atomic mass is 9.79. The topological polar surface area (TPSA) is 103 Å². The van der Waals surface area contributed by atoms with E-state index in [4.69, 9.17) is 0 Å². The molecule has 3 N–H and O–H groups in total. The number of nitrogens with zero attached hydrogens (tertiary/aromatic N) is 2. The quantitative estimate of drug-likeness (QED) is 0.453. The Morgan fingerprint density at radius 2 is 1.78 bits per heavy atom. The van der Waals surface area contributed by atoms with Gasteiger partial charge in [0.1, 0.15) is 24.0 Å². The first kappa shape index (κ1) is 25.8. The number of hydrogen-bond donors (Lipinski definition) is 3. The molecule has 1 unspecified atom stereocenters. The van der Waals surface area contributed by atoms with Crippen LogP contribution in [-0.2, 0) is 32.6 Å². The molecule has 210 valence electrons. The number of carbonyl (C=O) groups excluding carboxylic acids is 3. The molecule has 3 heterocycles. The zero-order valence-corrected chi connectivity index (χ0v) is 22.3. The van der Waals surface area contributed by atoms with Gasteiger partial charge in [-0.25, -0.2) is 13.8 Å².